The number of halogens is 1. The van der Waals surface area contributed by atoms with Gasteiger partial charge >= 0.3 is 23.7 Å². The smallest absolute Gasteiger partial charge is 0.396 e. The van der Waals surface area contributed by atoms with Crippen molar-refractivity contribution in [1.82, 2.24) is 35.7 Å². The van der Waals surface area contributed by atoms with Crippen molar-refractivity contribution in [1.29, 1.82) is 0 Å². The highest BCUT2D eigenvalue weighted by molar-refractivity contribution is 6.02. The molecule has 2 aliphatic heterocycles. The van der Waals surface area contributed by atoms with Crippen LogP contribution in [-0.4, -0.2) is 99.0 Å². The molecular formula is C42H45ClN10O9. The maximum atomic E-state index is 12.9. The van der Waals surface area contributed by atoms with Crippen LogP contribution in [0, 0.1) is 0 Å². The molecule has 0 unspecified atom stereocenters. The topological polar surface area (TPSA) is 244 Å². The van der Waals surface area contributed by atoms with Gasteiger partial charge in [0.25, 0.3) is 5.91 Å². The highest BCUT2D eigenvalue weighted by Gasteiger charge is 2.37. The molecule has 62 heavy (non-hydrogen) atoms. The molecule has 0 spiro atoms. The van der Waals surface area contributed by atoms with E-state index in [-0.39, 0.29) is 48.7 Å². The van der Waals surface area contributed by atoms with Crippen LogP contribution in [0.25, 0.3) is 0 Å². The maximum absolute atomic E-state index is 12.9. The van der Waals surface area contributed by atoms with Crippen LogP contribution >= 0.6 is 12.4 Å². The van der Waals surface area contributed by atoms with E-state index in [4.69, 9.17) is 28.8 Å². The second kappa shape index (κ2) is 21.3. The second-order valence-electron chi connectivity index (χ2n) is 13.6. The summed E-state index contributed by atoms with van der Waals surface area (Å²) >= 11 is 0. The van der Waals surface area contributed by atoms with Crippen molar-refractivity contribution in [2.45, 2.75) is 57.9 Å². The number of benzene rings is 2. The highest BCUT2D eigenvalue weighted by Crippen LogP contribution is 2.30. The van der Waals surface area contributed by atoms with E-state index in [1.807, 2.05) is 60.7 Å². The number of likely N-dealkylation sites (N-methyl/N-ethyl adjacent to an activating group) is 2. The number of nitrogens with two attached hydrogens (primary N) is 1. The normalized spacial score (nSPS) is 17.6. The fourth-order valence-electron chi connectivity index (χ4n) is 5.98. The molecule has 19 nitrogen and oxygen atoms in total. The van der Waals surface area contributed by atoms with Crippen molar-refractivity contribution in [2.24, 2.45) is 5.73 Å². The van der Waals surface area contributed by atoms with Gasteiger partial charge in [-0.2, -0.15) is 0 Å². The first-order valence-corrected chi connectivity index (χ1v) is 19.2. The maximum Gasteiger partial charge on any atom is 0.396 e. The Morgan fingerprint density at radius 2 is 1.18 bits per heavy atom. The number of nitrogens with zero attached hydrogens (tertiary/aromatic N) is 8. The standard InChI is InChI=1S/C20H19N5O4.C12H12N2O3.C10H13N3O2.ClH/c1-12-16(20(27)25(2)17-14(28-12)9-6-10-21-17)22-18(26)19-24-23-15(29-19)11-13-7-4-3-5-8-13;1-2-16-12(15)11-14-13-10(17-11)8-9-6-4-3-5-7-9;1-6-8(11)10(14)13(2)9-7(15-6)4-3-5-12-9;/h3-10,12,16H,11H2,1-2H3,(H,22,26);3-7H,2,8H2,1H3;3-6,8H,11H2,1-2H3;1H/t12-,16+;;6-,8+;/m1.1./s1. The van der Waals surface area contributed by atoms with Gasteiger partial charge in [0.15, 0.2) is 23.1 Å². The molecule has 0 saturated heterocycles. The fraction of sp³-hybridized carbons (Fsp3) is 0.286. The molecule has 2 aliphatic rings. The average molecular weight is 869 g/mol. The molecule has 2 aromatic carbocycles. The first kappa shape index (κ1) is 45.8. The number of hydrogen-bond donors (Lipinski definition) is 2. The Balaban J connectivity index is 0.000000188. The lowest BCUT2D eigenvalue weighted by Gasteiger charge is -2.22. The van der Waals surface area contributed by atoms with E-state index in [2.05, 4.69) is 35.7 Å². The second-order valence-corrected chi connectivity index (χ2v) is 13.6. The van der Waals surface area contributed by atoms with Gasteiger partial charge < -0.3 is 34.1 Å². The van der Waals surface area contributed by atoms with Gasteiger partial charge in [-0.25, -0.2) is 14.8 Å². The van der Waals surface area contributed by atoms with E-state index < -0.39 is 30.1 Å². The summed E-state index contributed by atoms with van der Waals surface area (Å²) in [5.41, 5.74) is 7.78. The first-order valence-electron chi connectivity index (χ1n) is 19.2. The minimum atomic E-state index is -0.939. The lowest BCUT2D eigenvalue weighted by Crippen LogP contribution is -2.53. The van der Waals surface area contributed by atoms with E-state index in [0.29, 0.717) is 47.8 Å². The van der Waals surface area contributed by atoms with Crippen LogP contribution in [0.15, 0.2) is 106 Å². The third-order valence-corrected chi connectivity index (χ3v) is 9.21. The number of rotatable bonds is 8. The number of hydrogen-bond acceptors (Lipinski definition) is 16. The summed E-state index contributed by atoms with van der Waals surface area (Å²) in [6.45, 7) is 5.49. The number of pyridine rings is 2. The average Bonchev–Trinajstić information content (AvgIpc) is 3.93. The molecule has 8 rings (SSSR count). The lowest BCUT2D eigenvalue weighted by molar-refractivity contribution is -0.122. The Labute approximate surface area is 362 Å². The number of nitrogens with one attached hydrogen (secondary N) is 1. The Kier molecular flexibility index (Phi) is 15.8. The number of ether oxygens (including phenoxy) is 3. The Bertz CT molecular complexity index is 2440. The molecule has 6 heterocycles. The molecule has 0 aliphatic carbocycles. The zero-order valence-corrected chi connectivity index (χ0v) is 35.2. The SMILES string of the molecule is CCOC(=O)c1nnc(Cc2ccccc2)o1.C[C@H]1Oc2cccnc2N(C)C(=O)[C@H]1N.C[C@H]1Oc2cccnc2N(C)C(=O)[C@H]1NC(=O)c1nnc(Cc2ccccc2)o1.Cl. The summed E-state index contributed by atoms with van der Waals surface area (Å²) in [7, 11) is 3.23. The molecule has 20 heteroatoms. The molecule has 3 N–H and O–H groups in total. The molecule has 0 saturated carbocycles. The summed E-state index contributed by atoms with van der Waals surface area (Å²) < 4.78 is 26.8. The molecule has 4 atom stereocenters. The fourth-order valence-corrected chi connectivity index (χ4v) is 5.98. The molecular weight excluding hydrogens is 824 g/mol. The summed E-state index contributed by atoms with van der Waals surface area (Å²) in [4.78, 5) is 59.6. The van der Waals surface area contributed by atoms with Gasteiger partial charge in [-0.15, -0.1) is 32.8 Å². The molecule has 324 valence electrons. The first-order chi connectivity index (χ1) is 29.4. The highest BCUT2D eigenvalue weighted by atomic mass is 35.5. The molecule has 0 fully saturated rings. The summed E-state index contributed by atoms with van der Waals surface area (Å²) in [6.07, 6.45) is 3.15. The Morgan fingerprint density at radius 3 is 1.71 bits per heavy atom. The molecule has 4 aromatic heterocycles. The lowest BCUT2D eigenvalue weighted by atomic mass is 10.1. The van der Waals surface area contributed by atoms with Crippen molar-refractivity contribution >= 4 is 47.7 Å². The van der Waals surface area contributed by atoms with Crippen molar-refractivity contribution < 1.29 is 42.2 Å². The summed E-state index contributed by atoms with van der Waals surface area (Å²) in [5, 5.41) is 17.8. The Morgan fingerprint density at radius 1 is 0.694 bits per heavy atom. The van der Waals surface area contributed by atoms with E-state index >= 15 is 0 Å². The zero-order chi connectivity index (χ0) is 43.5. The minimum absolute atomic E-state index is 0. The number of esters is 1. The number of carbonyl (C=O) groups excluding carboxylic acids is 4. The third kappa shape index (κ3) is 11.3. The van der Waals surface area contributed by atoms with Gasteiger partial charge in [0.1, 0.15) is 24.3 Å². The van der Waals surface area contributed by atoms with Gasteiger partial charge in [0.05, 0.1) is 19.4 Å². The van der Waals surface area contributed by atoms with Crippen LogP contribution in [0.4, 0.5) is 11.6 Å². The minimum Gasteiger partial charge on any atom is -0.485 e. The van der Waals surface area contributed by atoms with Gasteiger partial charge in [-0.05, 0) is 56.2 Å². The number of aromatic nitrogens is 6. The molecule has 3 amide bonds. The van der Waals surface area contributed by atoms with Crippen LogP contribution < -0.4 is 30.3 Å². The zero-order valence-electron chi connectivity index (χ0n) is 34.4. The van der Waals surface area contributed by atoms with Gasteiger partial charge in [0, 0.05) is 26.5 Å². The number of amides is 3. The molecule has 0 bridgehead atoms. The summed E-state index contributed by atoms with van der Waals surface area (Å²) in [6, 6.07) is 24.7. The molecule has 6 aromatic rings. The van der Waals surface area contributed by atoms with E-state index in [1.54, 1.807) is 71.5 Å². The van der Waals surface area contributed by atoms with Crippen molar-refractivity contribution in [3.63, 3.8) is 0 Å². The van der Waals surface area contributed by atoms with Crippen LogP contribution in [0.1, 0.15) is 65.1 Å². The van der Waals surface area contributed by atoms with E-state index in [1.165, 1.54) is 9.80 Å². The number of carbonyl (C=O) groups is 4. The van der Waals surface area contributed by atoms with Crippen molar-refractivity contribution in [2.75, 3.05) is 30.5 Å². The number of fused-ring (bicyclic) bond motifs is 2. The van der Waals surface area contributed by atoms with Crippen molar-refractivity contribution in [3.05, 3.63) is 132 Å². The monoisotopic (exact) mass is 868 g/mol. The predicted molar refractivity (Wildman–Crippen MR) is 225 cm³/mol. The van der Waals surface area contributed by atoms with Gasteiger partial charge in [0.2, 0.25) is 17.7 Å². The van der Waals surface area contributed by atoms with Gasteiger partial charge in [-0.1, -0.05) is 60.7 Å². The van der Waals surface area contributed by atoms with Crippen LogP contribution in [0.5, 0.6) is 11.5 Å². The van der Waals surface area contributed by atoms with Crippen LogP contribution in [0.3, 0.4) is 0 Å². The largest absolute Gasteiger partial charge is 0.485 e. The predicted octanol–water partition coefficient (Wildman–Crippen LogP) is 4.01. The summed E-state index contributed by atoms with van der Waals surface area (Å²) in [5.74, 6) is 0.613. The van der Waals surface area contributed by atoms with Gasteiger partial charge in [-0.3, -0.25) is 24.2 Å². The Hall–Kier alpha value is -7.25. The van der Waals surface area contributed by atoms with Crippen LogP contribution in [0.2, 0.25) is 0 Å². The van der Waals surface area contributed by atoms with Crippen molar-refractivity contribution in [3.8, 4) is 11.5 Å². The number of anilines is 2. The van der Waals surface area contributed by atoms with E-state index in [0.717, 1.165) is 11.1 Å². The molecule has 0 radical (unpaired) electrons. The van der Waals surface area contributed by atoms with Crippen LogP contribution in [-0.2, 0) is 27.2 Å². The van der Waals surface area contributed by atoms with E-state index in [9.17, 15) is 19.2 Å². The third-order valence-electron chi connectivity index (χ3n) is 9.21. The quantitative estimate of drug-likeness (QED) is 0.205.